The fraction of sp³-hybridized carbons (Fsp3) is 0.100. The van der Waals surface area contributed by atoms with Crippen molar-refractivity contribution in [3.05, 3.63) is 28.6 Å². The number of nitrogens with two attached hydrogens (primary N) is 1. The minimum atomic E-state index is 0.594. The summed E-state index contributed by atoms with van der Waals surface area (Å²) >= 11 is 4.93. The van der Waals surface area contributed by atoms with Gasteiger partial charge in [0.15, 0.2) is 0 Å². The quantitative estimate of drug-likeness (QED) is 0.637. The summed E-state index contributed by atoms with van der Waals surface area (Å²) in [5.41, 5.74) is 8.07. The lowest BCUT2D eigenvalue weighted by Crippen LogP contribution is -1.95. The SMILES string of the molecule is N#Cc1c(CBr)cc2ccsc2c1N. The normalized spacial score (nSPS) is 10.3. The third-order valence-corrected chi connectivity index (χ3v) is 3.68. The van der Waals surface area contributed by atoms with Crippen molar-refractivity contribution in [1.29, 1.82) is 5.26 Å². The number of anilines is 1. The number of hydrogen-bond donors (Lipinski definition) is 1. The van der Waals surface area contributed by atoms with Gasteiger partial charge in [-0.25, -0.2) is 0 Å². The van der Waals surface area contributed by atoms with Crippen LogP contribution in [-0.2, 0) is 5.33 Å². The summed E-state index contributed by atoms with van der Waals surface area (Å²) in [5.74, 6) is 0. The van der Waals surface area contributed by atoms with Gasteiger partial charge < -0.3 is 5.73 Å². The van der Waals surface area contributed by atoms with Crippen LogP contribution in [0.5, 0.6) is 0 Å². The monoisotopic (exact) mass is 266 g/mol. The summed E-state index contributed by atoms with van der Waals surface area (Å²) < 4.78 is 1.01. The number of nitrogens with zero attached hydrogens (tertiary/aromatic N) is 1. The molecule has 14 heavy (non-hydrogen) atoms. The van der Waals surface area contributed by atoms with E-state index in [4.69, 9.17) is 11.0 Å². The van der Waals surface area contributed by atoms with Gasteiger partial charge in [0.05, 0.1) is 16.0 Å². The molecule has 1 aromatic carbocycles. The van der Waals surface area contributed by atoms with E-state index in [2.05, 4.69) is 22.0 Å². The molecule has 4 heteroatoms. The van der Waals surface area contributed by atoms with Gasteiger partial charge in [0.2, 0.25) is 0 Å². The maximum Gasteiger partial charge on any atom is 0.102 e. The van der Waals surface area contributed by atoms with Crippen molar-refractivity contribution in [2.45, 2.75) is 5.33 Å². The van der Waals surface area contributed by atoms with Crippen LogP contribution >= 0.6 is 27.3 Å². The highest BCUT2D eigenvalue weighted by Gasteiger charge is 2.10. The van der Waals surface area contributed by atoms with E-state index in [1.807, 2.05) is 17.5 Å². The number of thiophene rings is 1. The molecular weight excluding hydrogens is 260 g/mol. The van der Waals surface area contributed by atoms with E-state index in [9.17, 15) is 0 Å². The van der Waals surface area contributed by atoms with Crippen LogP contribution in [0.25, 0.3) is 10.1 Å². The molecule has 0 aliphatic heterocycles. The van der Waals surface area contributed by atoms with Crippen LogP contribution in [0.1, 0.15) is 11.1 Å². The van der Waals surface area contributed by atoms with Gasteiger partial charge in [0, 0.05) is 5.33 Å². The molecule has 0 bridgehead atoms. The van der Waals surface area contributed by atoms with Gasteiger partial charge in [0.25, 0.3) is 0 Å². The molecule has 0 saturated heterocycles. The lowest BCUT2D eigenvalue weighted by atomic mass is 10.1. The molecule has 2 nitrogen and oxygen atoms in total. The topological polar surface area (TPSA) is 49.8 Å². The number of benzene rings is 1. The van der Waals surface area contributed by atoms with Crippen molar-refractivity contribution in [3.8, 4) is 6.07 Å². The molecule has 2 rings (SSSR count). The zero-order valence-electron chi connectivity index (χ0n) is 7.25. The molecule has 0 spiro atoms. The zero-order chi connectivity index (χ0) is 10.1. The van der Waals surface area contributed by atoms with Crippen molar-refractivity contribution in [2.24, 2.45) is 0 Å². The Labute approximate surface area is 94.1 Å². The Hall–Kier alpha value is -1.05. The molecule has 2 N–H and O–H groups in total. The summed E-state index contributed by atoms with van der Waals surface area (Å²) in [5, 5.41) is 12.7. The van der Waals surface area contributed by atoms with Gasteiger partial charge in [-0.05, 0) is 28.5 Å². The zero-order valence-corrected chi connectivity index (χ0v) is 9.65. The molecule has 0 atom stereocenters. The smallest absolute Gasteiger partial charge is 0.102 e. The molecule has 0 amide bonds. The number of alkyl halides is 1. The van der Waals surface area contributed by atoms with Gasteiger partial charge >= 0.3 is 0 Å². The van der Waals surface area contributed by atoms with Gasteiger partial charge in [0.1, 0.15) is 6.07 Å². The molecule has 0 fully saturated rings. The first-order valence-corrected chi connectivity index (χ1v) is 6.02. The van der Waals surface area contributed by atoms with Crippen molar-refractivity contribution in [3.63, 3.8) is 0 Å². The minimum absolute atomic E-state index is 0.594. The second kappa shape index (κ2) is 3.60. The number of nitrogen functional groups attached to an aromatic ring is 1. The van der Waals surface area contributed by atoms with Crippen molar-refractivity contribution in [1.82, 2.24) is 0 Å². The van der Waals surface area contributed by atoms with E-state index in [0.29, 0.717) is 16.6 Å². The maximum atomic E-state index is 8.98. The fourth-order valence-electron chi connectivity index (χ4n) is 1.44. The number of halogens is 1. The molecule has 2 aromatic rings. The Balaban J connectivity index is 2.88. The first-order valence-electron chi connectivity index (χ1n) is 4.02. The van der Waals surface area contributed by atoms with Gasteiger partial charge in [-0.1, -0.05) is 15.9 Å². The summed E-state index contributed by atoms with van der Waals surface area (Å²) in [7, 11) is 0. The summed E-state index contributed by atoms with van der Waals surface area (Å²) in [6.07, 6.45) is 0. The van der Waals surface area contributed by atoms with E-state index in [1.54, 1.807) is 11.3 Å². The summed E-state index contributed by atoms with van der Waals surface area (Å²) in [6, 6.07) is 6.18. The molecule has 1 heterocycles. The minimum Gasteiger partial charge on any atom is -0.396 e. The molecule has 0 aliphatic carbocycles. The Morgan fingerprint density at radius 2 is 2.36 bits per heavy atom. The van der Waals surface area contributed by atoms with Gasteiger partial charge in [-0.3, -0.25) is 0 Å². The van der Waals surface area contributed by atoms with E-state index < -0.39 is 0 Å². The van der Waals surface area contributed by atoms with Gasteiger partial charge in [-0.2, -0.15) is 5.26 Å². The first-order chi connectivity index (χ1) is 6.77. The lowest BCUT2D eigenvalue weighted by molar-refractivity contribution is 1.40. The Morgan fingerprint density at radius 3 is 3.00 bits per heavy atom. The molecule has 70 valence electrons. The van der Waals surface area contributed by atoms with Gasteiger partial charge in [-0.15, -0.1) is 11.3 Å². The largest absolute Gasteiger partial charge is 0.396 e. The average molecular weight is 267 g/mol. The molecule has 0 radical (unpaired) electrons. The fourth-order valence-corrected chi connectivity index (χ4v) is 2.72. The third kappa shape index (κ3) is 1.29. The highest BCUT2D eigenvalue weighted by atomic mass is 79.9. The van der Waals surface area contributed by atoms with Crippen LogP contribution in [0.3, 0.4) is 0 Å². The van der Waals surface area contributed by atoms with E-state index in [1.165, 1.54) is 0 Å². The highest BCUT2D eigenvalue weighted by molar-refractivity contribution is 9.08. The molecular formula is C10H7BrN2S. The second-order valence-electron chi connectivity index (χ2n) is 2.91. The summed E-state index contributed by atoms with van der Waals surface area (Å²) in [4.78, 5) is 0. The average Bonchev–Trinajstić information content (AvgIpc) is 2.65. The van der Waals surface area contributed by atoms with Crippen molar-refractivity contribution < 1.29 is 0 Å². The second-order valence-corrected chi connectivity index (χ2v) is 4.39. The standard InChI is InChI=1S/C10H7BrN2S/c11-4-7-3-6-1-2-14-10(6)9(13)8(7)5-12/h1-3H,4,13H2. The molecule has 0 unspecified atom stereocenters. The Bertz CT molecular complexity index is 525. The molecule has 0 aliphatic rings. The number of rotatable bonds is 1. The van der Waals surface area contributed by atoms with Crippen LogP contribution in [0.15, 0.2) is 17.5 Å². The van der Waals surface area contributed by atoms with E-state index in [0.717, 1.165) is 15.6 Å². The van der Waals surface area contributed by atoms with Crippen LogP contribution < -0.4 is 5.73 Å². The van der Waals surface area contributed by atoms with Crippen LogP contribution in [-0.4, -0.2) is 0 Å². The van der Waals surface area contributed by atoms with Crippen molar-refractivity contribution >= 4 is 43.0 Å². The van der Waals surface area contributed by atoms with Crippen LogP contribution in [0.2, 0.25) is 0 Å². The predicted molar refractivity (Wildman–Crippen MR) is 63.6 cm³/mol. The lowest BCUT2D eigenvalue weighted by Gasteiger charge is -2.04. The maximum absolute atomic E-state index is 8.98. The molecule has 1 aromatic heterocycles. The number of nitriles is 1. The molecule has 0 saturated carbocycles. The Kier molecular flexibility index (Phi) is 2.44. The summed E-state index contributed by atoms with van der Waals surface area (Å²) in [6.45, 7) is 0. The number of fused-ring (bicyclic) bond motifs is 1. The van der Waals surface area contributed by atoms with Crippen LogP contribution in [0.4, 0.5) is 5.69 Å². The third-order valence-electron chi connectivity index (χ3n) is 2.12. The Morgan fingerprint density at radius 1 is 1.57 bits per heavy atom. The van der Waals surface area contributed by atoms with E-state index >= 15 is 0 Å². The first kappa shape index (κ1) is 9.50. The van der Waals surface area contributed by atoms with Crippen LogP contribution in [0, 0.1) is 11.3 Å². The predicted octanol–water partition coefficient (Wildman–Crippen LogP) is 3.25. The van der Waals surface area contributed by atoms with E-state index in [-0.39, 0.29) is 0 Å². The van der Waals surface area contributed by atoms with Crippen molar-refractivity contribution in [2.75, 3.05) is 5.73 Å². The highest BCUT2D eigenvalue weighted by Crippen LogP contribution is 2.32. The number of hydrogen-bond acceptors (Lipinski definition) is 3.